The van der Waals surface area contributed by atoms with E-state index in [1.54, 1.807) is 0 Å². The first kappa shape index (κ1) is 32.7. The normalized spacial score (nSPS) is 12.7. The monoisotopic (exact) mass is 702 g/mol. The molecule has 8 aromatic carbocycles. The molecule has 0 N–H and O–H groups in total. The topological polar surface area (TPSA) is 25.8 Å². The Hall–Kier alpha value is -6.90. The highest BCUT2D eigenvalue weighted by molar-refractivity contribution is 5.98. The van der Waals surface area contributed by atoms with Gasteiger partial charge in [0.05, 0.1) is 11.4 Å². The summed E-state index contributed by atoms with van der Waals surface area (Å²) in [4.78, 5) is 10.4. The number of nitrogens with zero attached hydrogens (tertiary/aromatic N) is 2. The molecule has 2 heteroatoms. The van der Waals surface area contributed by atoms with Crippen LogP contribution < -0.4 is 0 Å². The average molecular weight is 703 g/mol. The minimum absolute atomic E-state index is 0.0894. The number of fused-ring (bicyclic) bond motifs is 4. The molecule has 0 saturated carbocycles. The highest BCUT2D eigenvalue weighted by Crippen LogP contribution is 2.53. The fraction of sp³-hybridized carbons (Fsp3) is 0.0566. The van der Waals surface area contributed by atoms with Gasteiger partial charge in [-0.3, -0.25) is 0 Å². The fourth-order valence-electron chi connectivity index (χ4n) is 8.31. The van der Waals surface area contributed by atoms with Crippen molar-refractivity contribution in [2.24, 2.45) is 0 Å². The highest BCUT2D eigenvalue weighted by atomic mass is 14.9. The molecule has 1 heterocycles. The molecule has 9 aromatic rings. The van der Waals surface area contributed by atoms with E-state index in [4.69, 9.17) is 9.97 Å². The van der Waals surface area contributed by atoms with Crippen molar-refractivity contribution < 1.29 is 0 Å². The maximum atomic E-state index is 5.19. The zero-order valence-electron chi connectivity index (χ0n) is 30.9. The predicted octanol–water partition coefficient (Wildman–Crippen LogP) is 13.9. The van der Waals surface area contributed by atoms with Crippen LogP contribution in [0.25, 0.3) is 89.2 Å². The third kappa shape index (κ3) is 5.84. The Bertz CT molecular complexity index is 2730. The van der Waals surface area contributed by atoms with Crippen molar-refractivity contribution in [3.8, 4) is 78.4 Å². The second-order valence-electron chi connectivity index (χ2n) is 15.0. The fourth-order valence-corrected chi connectivity index (χ4v) is 8.31. The molecule has 55 heavy (non-hydrogen) atoms. The van der Waals surface area contributed by atoms with Crippen LogP contribution >= 0.6 is 0 Å². The molecule has 0 unspecified atom stereocenters. The lowest BCUT2D eigenvalue weighted by Gasteiger charge is -2.22. The molecule has 0 spiro atoms. The van der Waals surface area contributed by atoms with Crippen molar-refractivity contribution in [2.75, 3.05) is 0 Å². The number of aromatic nitrogens is 2. The van der Waals surface area contributed by atoms with E-state index in [1.165, 1.54) is 66.4 Å². The molecule has 0 atom stereocenters. The zero-order chi connectivity index (χ0) is 36.9. The Morgan fingerprint density at radius 1 is 0.327 bits per heavy atom. The number of rotatable bonds is 6. The number of hydrogen-bond acceptors (Lipinski definition) is 2. The van der Waals surface area contributed by atoms with Gasteiger partial charge in [0.25, 0.3) is 0 Å². The third-order valence-electron chi connectivity index (χ3n) is 11.3. The molecule has 2 nitrogen and oxygen atoms in total. The molecule has 0 aliphatic heterocycles. The summed E-state index contributed by atoms with van der Waals surface area (Å²) in [5, 5.41) is 2.56. The number of benzene rings is 8. The third-order valence-corrected chi connectivity index (χ3v) is 11.3. The Morgan fingerprint density at radius 3 is 1.35 bits per heavy atom. The maximum Gasteiger partial charge on any atom is 0.160 e. The summed E-state index contributed by atoms with van der Waals surface area (Å²) < 4.78 is 0. The minimum Gasteiger partial charge on any atom is -0.228 e. The van der Waals surface area contributed by atoms with E-state index in [-0.39, 0.29) is 5.41 Å². The minimum atomic E-state index is -0.0894. The second-order valence-corrected chi connectivity index (χ2v) is 15.0. The van der Waals surface area contributed by atoms with E-state index in [1.807, 2.05) is 0 Å². The molecular weight excluding hydrogens is 665 g/mol. The van der Waals surface area contributed by atoms with Crippen LogP contribution in [0.1, 0.15) is 25.0 Å². The van der Waals surface area contributed by atoms with Crippen molar-refractivity contribution in [2.45, 2.75) is 19.3 Å². The summed E-state index contributed by atoms with van der Waals surface area (Å²) in [7, 11) is 0. The van der Waals surface area contributed by atoms with Crippen LogP contribution in [0.3, 0.4) is 0 Å². The Morgan fingerprint density at radius 2 is 0.782 bits per heavy atom. The quantitative estimate of drug-likeness (QED) is 0.172. The van der Waals surface area contributed by atoms with Crippen molar-refractivity contribution in [1.29, 1.82) is 0 Å². The van der Waals surface area contributed by atoms with Gasteiger partial charge < -0.3 is 0 Å². The first-order chi connectivity index (χ1) is 27.0. The Kier molecular flexibility index (Phi) is 7.85. The molecule has 0 bridgehead atoms. The molecule has 0 radical (unpaired) electrons. The second kappa shape index (κ2) is 13.2. The molecular formula is C53H38N2. The first-order valence-electron chi connectivity index (χ1n) is 19.0. The van der Waals surface area contributed by atoms with Crippen molar-refractivity contribution in [3.05, 3.63) is 205 Å². The van der Waals surface area contributed by atoms with Gasteiger partial charge in [0.15, 0.2) is 5.82 Å². The van der Waals surface area contributed by atoms with E-state index >= 15 is 0 Å². The smallest absolute Gasteiger partial charge is 0.160 e. The van der Waals surface area contributed by atoms with Crippen molar-refractivity contribution in [3.63, 3.8) is 0 Å². The van der Waals surface area contributed by atoms with E-state index in [0.29, 0.717) is 5.82 Å². The lowest BCUT2D eigenvalue weighted by molar-refractivity contribution is 0.661. The van der Waals surface area contributed by atoms with Gasteiger partial charge in [-0.15, -0.1) is 0 Å². The van der Waals surface area contributed by atoms with Crippen LogP contribution in [-0.4, -0.2) is 9.97 Å². The largest absolute Gasteiger partial charge is 0.228 e. The summed E-state index contributed by atoms with van der Waals surface area (Å²) in [5.74, 6) is 0.703. The highest BCUT2D eigenvalue weighted by Gasteiger charge is 2.37. The van der Waals surface area contributed by atoms with Crippen molar-refractivity contribution >= 4 is 10.8 Å². The average Bonchev–Trinajstić information content (AvgIpc) is 3.48. The molecule has 10 rings (SSSR count). The van der Waals surface area contributed by atoms with Crippen LogP contribution in [-0.2, 0) is 5.41 Å². The van der Waals surface area contributed by atoms with Gasteiger partial charge in [-0.1, -0.05) is 190 Å². The molecule has 260 valence electrons. The van der Waals surface area contributed by atoms with Crippen LogP contribution in [0.5, 0.6) is 0 Å². The Labute approximate surface area is 322 Å². The summed E-state index contributed by atoms with van der Waals surface area (Å²) in [6, 6.07) is 69.5. The van der Waals surface area contributed by atoms with Crippen molar-refractivity contribution in [1.82, 2.24) is 9.97 Å². The van der Waals surface area contributed by atoms with Gasteiger partial charge >= 0.3 is 0 Å². The number of hydrogen-bond donors (Lipinski definition) is 0. The lowest BCUT2D eigenvalue weighted by Crippen LogP contribution is -2.14. The molecule has 1 aliphatic carbocycles. The first-order valence-corrected chi connectivity index (χ1v) is 19.0. The van der Waals surface area contributed by atoms with Gasteiger partial charge in [-0.05, 0) is 84.6 Å². The van der Waals surface area contributed by atoms with Crippen LogP contribution in [0, 0.1) is 0 Å². The predicted molar refractivity (Wildman–Crippen MR) is 230 cm³/mol. The molecule has 1 aromatic heterocycles. The lowest BCUT2D eigenvalue weighted by atomic mass is 9.81. The zero-order valence-corrected chi connectivity index (χ0v) is 30.9. The van der Waals surface area contributed by atoms with Crippen LogP contribution in [0.15, 0.2) is 194 Å². The van der Waals surface area contributed by atoms with Gasteiger partial charge in [0.2, 0.25) is 0 Å². The van der Waals surface area contributed by atoms with E-state index in [2.05, 4.69) is 208 Å². The van der Waals surface area contributed by atoms with E-state index in [9.17, 15) is 0 Å². The molecule has 0 saturated heterocycles. The van der Waals surface area contributed by atoms with Gasteiger partial charge in [-0.2, -0.15) is 0 Å². The van der Waals surface area contributed by atoms with Crippen LogP contribution in [0.4, 0.5) is 0 Å². The maximum absolute atomic E-state index is 5.19. The Balaban J connectivity index is 1.05. The summed E-state index contributed by atoms with van der Waals surface area (Å²) in [6.45, 7) is 4.71. The van der Waals surface area contributed by atoms with Gasteiger partial charge in [0, 0.05) is 22.1 Å². The SMILES string of the molecule is CC1(C)c2cc3ccccc3cc2-c2c(-c3ccc(-c4nc(-c5ccc(-c6ccccc6)cc5)cc(-c5ccc(-c6ccccc6)cc5)n4)cc3)cccc21. The summed E-state index contributed by atoms with van der Waals surface area (Å²) in [5.41, 5.74) is 17.4. The van der Waals surface area contributed by atoms with Gasteiger partial charge in [0.1, 0.15) is 0 Å². The molecule has 1 aliphatic rings. The van der Waals surface area contributed by atoms with Gasteiger partial charge in [-0.25, -0.2) is 9.97 Å². The molecule has 0 amide bonds. The molecule has 0 fully saturated rings. The standard InChI is InChI=1S/C53H38N2/c1-53(2)47-19-11-18-45(51(47)46-32-43-16-9-10-17-44(43)33-48(46)53)39-24-30-42(31-25-39)52-54-49(40-26-20-37(21-27-40)35-12-5-3-6-13-35)34-50(55-52)41-28-22-38(23-29-41)36-14-7-4-8-15-36/h3-34H,1-2H3. The van der Waals surface area contributed by atoms with E-state index < -0.39 is 0 Å². The van der Waals surface area contributed by atoms with E-state index in [0.717, 1.165) is 28.1 Å². The van der Waals surface area contributed by atoms with Crippen LogP contribution in [0.2, 0.25) is 0 Å². The summed E-state index contributed by atoms with van der Waals surface area (Å²) >= 11 is 0. The summed E-state index contributed by atoms with van der Waals surface area (Å²) in [6.07, 6.45) is 0.